The smallest absolute Gasteiger partial charge is 0.416 e. The van der Waals surface area contributed by atoms with Crippen molar-refractivity contribution < 1.29 is 22.6 Å². The van der Waals surface area contributed by atoms with Gasteiger partial charge >= 0.3 is 6.18 Å². The molecule has 0 bridgehead atoms. The fourth-order valence-corrected chi connectivity index (χ4v) is 4.52. The summed E-state index contributed by atoms with van der Waals surface area (Å²) in [5, 5.41) is 5.56. The molecular formula is C30H20Cl2F3N3O3. The summed E-state index contributed by atoms with van der Waals surface area (Å²) < 4.78 is 52.6. The maximum atomic E-state index is 13.4. The standard InChI is InChI=1S/C30H20Cl2F3N3O3/c1-40-27-13-18(9-12-26(27)41-17-20-10-11-22(31)15-24(20)32)16-36-38-28(19-5-4-6-21(14-19)30(33,34)35)37-25-8-3-2-7-23(25)29(38)39/h2-16H,17H2,1H3. The number of alkyl halides is 3. The Morgan fingerprint density at radius 3 is 2.51 bits per heavy atom. The highest BCUT2D eigenvalue weighted by Gasteiger charge is 2.31. The number of fused-ring (bicyclic) bond motifs is 1. The van der Waals surface area contributed by atoms with Crippen LogP contribution in [0.3, 0.4) is 0 Å². The minimum absolute atomic E-state index is 0.0391. The third kappa shape index (κ3) is 6.21. The van der Waals surface area contributed by atoms with E-state index in [0.29, 0.717) is 32.6 Å². The SMILES string of the molecule is COc1cc(C=Nn2c(-c3cccc(C(F)(F)F)c3)nc3ccccc3c2=O)ccc1OCc1ccc(Cl)cc1Cl. The van der Waals surface area contributed by atoms with E-state index in [-0.39, 0.29) is 23.4 Å². The maximum absolute atomic E-state index is 13.4. The Hall–Kier alpha value is -4.34. The van der Waals surface area contributed by atoms with E-state index in [1.807, 2.05) is 0 Å². The summed E-state index contributed by atoms with van der Waals surface area (Å²) in [6, 6.07) is 21.2. The van der Waals surface area contributed by atoms with Gasteiger partial charge in [-0.05, 0) is 60.2 Å². The van der Waals surface area contributed by atoms with Crippen molar-refractivity contribution in [3.8, 4) is 22.9 Å². The molecule has 0 aliphatic carbocycles. The van der Waals surface area contributed by atoms with Gasteiger partial charge < -0.3 is 9.47 Å². The monoisotopic (exact) mass is 597 g/mol. The van der Waals surface area contributed by atoms with Gasteiger partial charge in [-0.1, -0.05) is 53.5 Å². The maximum Gasteiger partial charge on any atom is 0.416 e. The topological polar surface area (TPSA) is 65.7 Å². The molecule has 0 atom stereocenters. The zero-order valence-corrected chi connectivity index (χ0v) is 22.8. The number of nitrogens with zero attached hydrogens (tertiary/aromatic N) is 3. The van der Waals surface area contributed by atoms with Crippen LogP contribution >= 0.6 is 23.2 Å². The van der Waals surface area contributed by atoms with E-state index >= 15 is 0 Å². The normalized spacial score (nSPS) is 11.8. The summed E-state index contributed by atoms with van der Waals surface area (Å²) in [4.78, 5) is 17.9. The van der Waals surface area contributed by atoms with Crippen LogP contribution in [0.2, 0.25) is 10.0 Å². The third-order valence-corrected chi connectivity index (χ3v) is 6.70. The molecule has 1 aromatic heterocycles. The molecule has 0 unspecified atom stereocenters. The van der Waals surface area contributed by atoms with Crippen molar-refractivity contribution in [2.75, 3.05) is 7.11 Å². The van der Waals surface area contributed by atoms with Gasteiger partial charge in [0.1, 0.15) is 6.61 Å². The molecular weight excluding hydrogens is 578 g/mol. The number of rotatable bonds is 7. The number of aromatic nitrogens is 2. The molecule has 1 heterocycles. The molecule has 5 rings (SSSR count). The molecule has 41 heavy (non-hydrogen) atoms. The molecule has 11 heteroatoms. The number of benzene rings is 4. The molecule has 4 aromatic carbocycles. The van der Waals surface area contributed by atoms with Gasteiger partial charge in [0.05, 0.1) is 29.8 Å². The summed E-state index contributed by atoms with van der Waals surface area (Å²) in [6.45, 7) is 0.165. The van der Waals surface area contributed by atoms with Crippen LogP contribution in [0.5, 0.6) is 11.5 Å². The minimum atomic E-state index is -4.57. The van der Waals surface area contributed by atoms with Crippen molar-refractivity contribution in [3.63, 3.8) is 0 Å². The summed E-state index contributed by atoms with van der Waals surface area (Å²) in [6.07, 6.45) is -3.18. The minimum Gasteiger partial charge on any atom is -0.493 e. The number of ether oxygens (including phenoxy) is 2. The lowest BCUT2D eigenvalue weighted by Crippen LogP contribution is -2.20. The van der Waals surface area contributed by atoms with Crippen molar-refractivity contribution in [1.29, 1.82) is 0 Å². The number of hydrogen-bond acceptors (Lipinski definition) is 5. The molecule has 0 aliphatic rings. The molecule has 0 saturated carbocycles. The third-order valence-electron chi connectivity index (χ3n) is 6.11. The van der Waals surface area contributed by atoms with Crippen molar-refractivity contribution in [1.82, 2.24) is 9.66 Å². The van der Waals surface area contributed by atoms with Crippen molar-refractivity contribution in [2.24, 2.45) is 5.10 Å². The molecule has 208 valence electrons. The fraction of sp³-hybridized carbons (Fsp3) is 0.100. The summed E-state index contributed by atoms with van der Waals surface area (Å²) in [5.74, 6) is 0.786. The zero-order valence-electron chi connectivity index (χ0n) is 21.3. The number of halogens is 5. The van der Waals surface area contributed by atoms with Crippen LogP contribution in [0, 0.1) is 0 Å². The molecule has 0 saturated heterocycles. The first-order valence-corrected chi connectivity index (χ1v) is 12.9. The average Bonchev–Trinajstić information content (AvgIpc) is 2.96. The molecule has 6 nitrogen and oxygen atoms in total. The first kappa shape index (κ1) is 28.2. The van der Waals surface area contributed by atoms with E-state index in [2.05, 4.69) is 10.1 Å². The molecule has 0 spiro atoms. The van der Waals surface area contributed by atoms with E-state index < -0.39 is 17.3 Å². The fourth-order valence-electron chi connectivity index (χ4n) is 4.05. The molecule has 0 N–H and O–H groups in total. The Kier molecular flexibility index (Phi) is 8.01. The van der Waals surface area contributed by atoms with Gasteiger partial charge in [-0.2, -0.15) is 22.9 Å². The van der Waals surface area contributed by atoms with Crippen LogP contribution in [0.4, 0.5) is 13.2 Å². The van der Waals surface area contributed by atoms with Crippen molar-refractivity contribution in [2.45, 2.75) is 12.8 Å². The molecule has 0 fully saturated rings. The van der Waals surface area contributed by atoms with Crippen LogP contribution in [0.15, 0.2) is 94.8 Å². The summed E-state index contributed by atoms with van der Waals surface area (Å²) in [7, 11) is 1.47. The second-order valence-corrected chi connectivity index (χ2v) is 9.67. The Labute approximate surface area is 242 Å². The van der Waals surface area contributed by atoms with Gasteiger partial charge in [-0.3, -0.25) is 4.79 Å². The van der Waals surface area contributed by atoms with Gasteiger partial charge in [-0.25, -0.2) is 4.98 Å². The Morgan fingerprint density at radius 2 is 1.76 bits per heavy atom. The van der Waals surface area contributed by atoms with E-state index in [9.17, 15) is 18.0 Å². The first-order valence-electron chi connectivity index (χ1n) is 12.1. The number of methoxy groups -OCH3 is 1. The van der Waals surface area contributed by atoms with Crippen LogP contribution < -0.4 is 15.0 Å². The van der Waals surface area contributed by atoms with Crippen LogP contribution in [0.1, 0.15) is 16.7 Å². The number of hydrogen-bond donors (Lipinski definition) is 0. The van der Waals surface area contributed by atoms with E-state index in [4.69, 9.17) is 32.7 Å². The van der Waals surface area contributed by atoms with Gasteiger partial charge in [0.15, 0.2) is 17.3 Å². The molecule has 0 aliphatic heterocycles. The lowest BCUT2D eigenvalue weighted by molar-refractivity contribution is -0.137. The van der Waals surface area contributed by atoms with Gasteiger partial charge in [0, 0.05) is 21.2 Å². The first-order chi connectivity index (χ1) is 19.6. The number of para-hydroxylation sites is 1. The highest BCUT2D eigenvalue weighted by atomic mass is 35.5. The average molecular weight is 598 g/mol. The predicted octanol–water partition coefficient (Wildman–Crippen LogP) is 7.86. The van der Waals surface area contributed by atoms with Gasteiger partial charge in [0.25, 0.3) is 5.56 Å². The molecule has 0 amide bonds. The van der Waals surface area contributed by atoms with Crippen LogP contribution in [-0.4, -0.2) is 23.0 Å². The van der Waals surface area contributed by atoms with Crippen LogP contribution in [-0.2, 0) is 12.8 Å². The highest BCUT2D eigenvalue weighted by molar-refractivity contribution is 6.35. The molecule has 5 aromatic rings. The summed E-state index contributed by atoms with van der Waals surface area (Å²) >= 11 is 12.2. The Bertz CT molecular complexity index is 1840. The van der Waals surface area contributed by atoms with Gasteiger partial charge in [0.2, 0.25) is 0 Å². The van der Waals surface area contributed by atoms with E-state index in [0.717, 1.165) is 22.4 Å². The zero-order chi connectivity index (χ0) is 29.1. The predicted molar refractivity (Wildman–Crippen MR) is 153 cm³/mol. The second-order valence-electron chi connectivity index (χ2n) is 8.83. The molecule has 0 radical (unpaired) electrons. The Balaban J connectivity index is 1.51. The summed E-state index contributed by atoms with van der Waals surface area (Å²) in [5.41, 5.74) is 0.282. The largest absolute Gasteiger partial charge is 0.493 e. The van der Waals surface area contributed by atoms with E-state index in [1.54, 1.807) is 60.7 Å². The lowest BCUT2D eigenvalue weighted by Gasteiger charge is -2.13. The highest BCUT2D eigenvalue weighted by Crippen LogP contribution is 2.32. The van der Waals surface area contributed by atoms with Crippen molar-refractivity contribution >= 4 is 40.3 Å². The lowest BCUT2D eigenvalue weighted by atomic mass is 10.1. The second kappa shape index (κ2) is 11.6. The quantitative estimate of drug-likeness (QED) is 0.179. The van der Waals surface area contributed by atoms with Crippen LogP contribution in [0.25, 0.3) is 22.3 Å². The van der Waals surface area contributed by atoms with Crippen molar-refractivity contribution in [3.05, 3.63) is 122 Å². The van der Waals surface area contributed by atoms with E-state index in [1.165, 1.54) is 25.5 Å². The van der Waals surface area contributed by atoms with Gasteiger partial charge in [-0.15, -0.1) is 0 Å². The Morgan fingerprint density at radius 1 is 0.951 bits per heavy atom.